The fourth-order valence-electron chi connectivity index (χ4n) is 4.42. The number of methoxy groups -OCH3 is 2. The highest BCUT2D eigenvalue weighted by Gasteiger charge is 2.53. The lowest BCUT2D eigenvalue weighted by Crippen LogP contribution is -2.38. The van der Waals surface area contributed by atoms with Crippen molar-refractivity contribution < 1.29 is 28.9 Å². The largest absolute Gasteiger partial charge is 0.495 e. The number of ether oxygens (including phenoxy) is 3. The van der Waals surface area contributed by atoms with Crippen molar-refractivity contribution in [3.8, 4) is 5.75 Å². The molecule has 1 aliphatic heterocycles. The van der Waals surface area contributed by atoms with Crippen LogP contribution in [0.25, 0.3) is 0 Å². The monoisotopic (exact) mass is 441 g/mol. The van der Waals surface area contributed by atoms with Crippen LogP contribution in [0.5, 0.6) is 5.75 Å². The van der Waals surface area contributed by atoms with Gasteiger partial charge in [-0.15, -0.1) is 6.58 Å². The van der Waals surface area contributed by atoms with E-state index < -0.39 is 5.60 Å². The number of carbonyl (C=O) groups is 2. The SMILES string of the molecule is C=CCC1=CC2(OC)C(=CC1=O)OC(c1ccc(OC)c(N(C=O)CCCCO)c1)C2C. The molecule has 3 atom stereocenters. The minimum Gasteiger partial charge on any atom is -0.495 e. The van der Waals surface area contributed by atoms with Gasteiger partial charge in [-0.3, -0.25) is 9.59 Å². The lowest BCUT2D eigenvalue weighted by atomic mass is 9.78. The molecule has 1 fully saturated rings. The van der Waals surface area contributed by atoms with Crippen LogP contribution in [0.3, 0.4) is 0 Å². The highest BCUT2D eigenvalue weighted by molar-refractivity contribution is 6.06. The third kappa shape index (κ3) is 4.23. The van der Waals surface area contributed by atoms with Crippen LogP contribution in [-0.4, -0.2) is 50.3 Å². The zero-order chi connectivity index (χ0) is 23.3. The number of anilines is 1. The van der Waals surface area contributed by atoms with Crippen molar-refractivity contribution in [1.82, 2.24) is 0 Å². The van der Waals surface area contributed by atoms with Gasteiger partial charge in [0.05, 0.1) is 12.8 Å². The maximum Gasteiger partial charge on any atom is 0.214 e. The first kappa shape index (κ1) is 23.8. The molecular formula is C25H31NO6. The first-order valence-electron chi connectivity index (χ1n) is 10.8. The van der Waals surface area contributed by atoms with Gasteiger partial charge in [0, 0.05) is 37.8 Å². The normalized spacial score (nSPS) is 24.2. The summed E-state index contributed by atoms with van der Waals surface area (Å²) in [7, 11) is 3.17. The summed E-state index contributed by atoms with van der Waals surface area (Å²) in [4.78, 5) is 25.9. The van der Waals surface area contributed by atoms with Gasteiger partial charge >= 0.3 is 0 Å². The number of nitrogens with zero attached hydrogens (tertiary/aromatic N) is 1. The summed E-state index contributed by atoms with van der Waals surface area (Å²) in [6.07, 6.45) is 7.17. The fraction of sp³-hybridized carbons (Fsp3) is 0.440. The number of allylic oxidation sites excluding steroid dienone is 3. The lowest BCUT2D eigenvalue weighted by molar-refractivity contribution is -0.112. The zero-order valence-corrected chi connectivity index (χ0v) is 18.9. The number of amides is 1. The van der Waals surface area contributed by atoms with E-state index in [1.54, 1.807) is 25.2 Å². The molecule has 3 unspecified atom stereocenters. The number of ketones is 1. The van der Waals surface area contributed by atoms with Crippen molar-refractivity contribution in [1.29, 1.82) is 0 Å². The third-order valence-corrected chi connectivity index (χ3v) is 6.21. The van der Waals surface area contributed by atoms with Gasteiger partial charge in [-0.2, -0.15) is 0 Å². The van der Waals surface area contributed by atoms with Gasteiger partial charge in [-0.05, 0) is 43.0 Å². The molecule has 32 heavy (non-hydrogen) atoms. The first-order valence-corrected chi connectivity index (χ1v) is 10.8. The molecule has 1 saturated heterocycles. The Kier molecular flexibility index (Phi) is 7.53. The number of unbranched alkanes of at least 4 members (excludes halogenated alkanes) is 1. The van der Waals surface area contributed by atoms with Gasteiger partial charge in [-0.25, -0.2) is 0 Å². The Bertz CT molecular complexity index is 936. The Morgan fingerprint density at radius 1 is 1.31 bits per heavy atom. The van der Waals surface area contributed by atoms with Crippen LogP contribution >= 0.6 is 0 Å². The number of benzene rings is 1. The van der Waals surface area contributed by atoms with Gasteiger partial charge in [0.2, 0.25) is 6.41 Å². The standard InChI is InChI=1S/C25H31NO6/c1-5-8-19-15-25(31-4)17(2)24(32-23(25)14-21(19)29)18-9-10-22(30-3)20(13-18)26(16-28)11-6-7-12-27/h5,9-10,13-17,24,27H,1,6-8,11-12H2,2-4H3. The Hall–Kier alpha value is -2.90. The molecule has 3 rings (SSSR count). The average Bonchev–Trinajstić information content (AvgIpc) is 3.08. The van der Waals surface area contributed by atoms with Crippen molar-refractivity contribution in [2.75, 3.05) is 32.3 Å². The molecule has 0 bridgehead atoms. The molecule has 1 aliphatic carbocycles. The van der Waals surface area contributed by atoms with Gasteiger partial charge in [0.1, 0.15) is 23.2 Å². The highest BCUT2D eigenvalue weighted by atomic mass is 16.6. The quantitative estimate of drug-likeness (QED) is 0.321. The highest BCUT2D eigenvalue weighted by Crippen LogP contribution is 2.52. The van der Waals surface area contributed by atoms with E-state index in [9.17, 15) is 9.59 Å². The van der Waals surface area contributed by atoms with E-state index in [2.05, 4.69) is 6.58 Å². The van der Waals surface area contributed by atoms with E-state index in [4.69, 9.17) is 19.3 Å². The number of fused-ring (bicyclic) bond motifs is 1. The van der Waals surface area contributed by atoms with Gasteiger partial charge in [0.15, 0.2) is 5.78 Å². The molecular weight excluding hydrogens is 410 g/mol. The second kappa shape index (κ2) is 10.1. The molecule has 0 spiro atoms. The van der Waals surface area contributed by atoms with Crippen molar-refractivity contribution in [2.45, 2.75) is 37.9 Å². The Labute approximate surface area is 189 Å². The number of carbonyl (C=O) groups excluding carboxylic acids is 2. The second-order valence-corrected chi connectivity index (χ2v) is 8.02. The number of hydrogen-bond donors (Lipinski definition) is 1. The molecule has 1 aromatic rings. The van der Waals surface area contributed by atoms with Crippen LogP contribution in [0.15, 0.2) is 54.3 Å². The maximum atomic E-state index is 12.5. The van der Waals surface area contributed by atoms with Crippen LogP contribution in [0, 0.1) is 5.92 Å². The van der Waals surface area contributed by atoms with E-state index in [0.717, 1.165) is 12.0 Å². The summed E-state index contributed by atoms with van der Waals surface area (Å²) < 4.78 is 17.7. The predicted octanol–water partition coefficient (Wildman–Crippen LogP) is 3.49. The average molecular weight is 442 g/mol. The summed E-state index contributed by atoms with van der Waals surface area (Å²) in [5.74, 6) is 0.818. The fourth-order valence-corrected chi connectivity index (χ4v) is 4.42. The summed E-state index contributed by atoms with van der Waals surface area (Å²) in [6.45, 7) is 6.29. The van der Waals surface area contributed by atoms with Gasteiger partial charge < -0.3 is 24.2 Å². The topological polar surface area (TPSA) is 85.3 Å². The lowest BCUT2D eigenvalue weighted by Gasteiger charge is -2.31. The van der Waals surface area contributed by atoms with Crippen molar-refractivity contribution in [3.05, 3.63) is 59.9 Å². The van der Waals surface area contributed by atoms with E-state index >= 15 is 0 Å². The number of rotatable bonds is 11. The Morgan fingerprint density at radius 2 is 2.09 bits per heavy atom. The van der Waals surface area contributed by atoms with Crippen LogP contribution in [0.2, 0.25) is 0 Å². The first-order chi connectivity index (χ1) is 15.4. The van der Waals surface area contributed by atoms with E-state index in [0.29, 0.717) is 48.6 Å². The zero-order valence-electron chi connectivity index (χ0n) is 18.9. The maximum absolute atomic E-state index is 12.5. The minimum atomic E-state index is -0.845. The van der Waals surface area contributed by atoms with Crippen molar-refractivity contribution in [2.24, 2.45) is 5.92 Å². The molecule has 1 amide bonds. The molecule has 172 valence electrons. The summed E-state index contributed by atoms with van der Waals surface area (Å²) in [5, 5.41) is 9.06. The Morgan fingerprint density at radius 3 is 2.72 bits per heavy atom. The summed E-state index contributed by atoms with van der Waals surface area (Å²) in [5.41, 5.74) is 1.26. The van der Waals surface area contributed by atoms with E-state index in [1.807, 2.05) is 31.2 Å². The molecule has 7 nitrogen and oxygen atoms in total. The molecule has 7 heteroatoms. The summed E-state index contributed by atoms with van der Waals surface area (Å²) in [6, 6.07) is 5.59. The van der Waals surface area contributed by atoms with E-state index in [-0.39, 0.29) is 24.4 Å². The number of aliphatic hydroxyl groups excluding tert-OH is 1. The molecule has 1 aromatic carbocycles. The van der Waals surface area contributed by atoms with Crippen LogP contribution in [0.4, 0.5) is 5.69 Å². The van der Waals surface area contributed by atoms with Crippen LogP contribution < -0.4 is 9.64 Å². The van der Waals surface area contributed by atoms with Gasteiger partial charge in [-0.1, -0.05) is 19.1 Å². The third-order valence-electron chi connectivity index (χ3n) is 6.21. The van der Waals surface area contributed by atoms with Crippen molar-refractivity contribution >= 4 is 17.9 Å². The van der Waals surface area contributed by atoms with Gasteiger partial charge in [0.25, 0.3) is 0 Å². The molecule has 1 N–H and O–H groups in total. The van der Waals surface area contributed by atoms with Crippen LogP contribution in [0.1, 0.15) is 37.9 Å². The molecule has 0 aromatic heterocycles. The molecule has 1 heterocycles. The molecule has 0 saturated carbocycles. The smallest absolute Gasteiger partial charge is 0.214 e. The molecule has 2 aliphatic rings. The van der Waals surface area contributed by atoms with E-state index in [1.165, 1.54) is 6.08 Å². The summed E-state index contributed by atoms with van der Waals surface area (Å²) >= 11 is 0. The Balaban J connectivity index is 1.98. The molecule has 0 radical (unpaired) electrons. The minimum absolute atomic E-state index is 0.0750. The number of aliphatic hydroxyl groups is 1. The van der Waals surface area contributed by atoms with Crippen LogP contribution in [-0.2, 0) is 19.1 Å². The van der Waals surface area contributed by atoms with Crippen molar-refractivity contribution in [3.63, 3.8) is 0 Å². The predicted molar refractivity (Wildman–Crippen MR) is 121 cm³/mol. The number of hydrogen-bond acceptors (Lipinski definition) is 6. The second-order valence-electron chi connectivity index (χ2n) is 8.02.